The van der Waals surface area contributed by atoms with E-state index in [2.05, 4.69) is 30.7 Å². The summed E-state index contributed by atoms with van der Waals surface area (Å²) in [5.74, 6) is 1.62. The fourth-order valence-corrected chi connectivity index (χ4v) is 1.69. The van der Waals surface area contributed by atoms with Gasteiger partial charge in [-0.2, -0.15) is 6.42 Å². The third kappa shape index (κ3) is 1.43. The average molecular weight is 167 g/mol. The number of hydrogen-bond donors (Lipinski definition) is 0. The van der Waals surface area contributed by atoms with E-state index >= 15 is 0 Å². The van der Waals surface area contributed by atoms with Gasteiger partial charge in [-0.3, -0.25) is 0 Å². The van der Waals surface area contributed by atoms with Gasteiger partial charge in [-0.05, 0) is 5.92 Å². The van der Waals surface area contributed by atoms with Crippen LogP contribution in [0.3, 0.4) is 0 Å². The molecule has 0 amide bonds. The van der Waals surface area contributed by atoms with Crippen molar-refractivity contribution >= 4 is 0 Å². The van der Waals surface area contributed by atoms with Crippen molar-refractivity contribution in [3.8, 4) is 0 Å². The van der Waals surface area contributed by atoms with E-state index in [1.54, 1.807) is 0 Å². The van der Waals surface area contributed by atoms with Gasteiger partial charge in [0.1, 0.15) is 0 Å². The molecule has 0 heterocycles. The van der Waals surface area contributed by atoms with E-state index in [9.17, 15) is 0 Å². The second-order valence-electron chi connectivity index (χ2n) is 2.82. The van der Waals surface area contributed by atoms with Gasteiger partial charge in [0.15, 0.2) is 0 Å². The Bertz CT molecular complexity index is 140. The third-order valence-corrected chi connectivity index (χ3v) is 2.24. The van der Waals surface area contributed by atoms with Crippen LogP contribution in [-0.2, 0) is 21.7 Å². The molecule has 2 atom stereocenters. The van der Waals surface area contributed by atoms with E-state index < -0.39 is 0 Å². The second kappa shape index (κ2) is 3.55. The molecular formula is C9H11Ti-. The van der Waals surface area contributed by atoms with Crippen LogP contribution in [0.4, 0.5) is 0 Å². The number of allylic oxidation sites excluding steroid dienone is 4. The zero-order valence-electron chi connectivity index (χ0n) is 5.96. The summed E-state index contributed by atoms with van der Waals surface area (Å²) in [5, 5.41) is 0. The van der Waals surface area contributed by atoms with Crippen LogP contribution in [0.1, 0.15) is 12.8 Å². The number of fused-ring (bicyclic) bond motifs is 1. The van der Waals surface area contributed by atoms with Gasteiger partial charge < -0.3 is 6.42 Å². The minimum atomic E-state index is 0. The summed E-state index contributed by atoms with van der Waals surface area (Å²) in [6, 6.07) is 0. The molecule has 0 spiro atoms. The van der Waals surface area contributed by atoms with E-state index in [0.717, 1.165) is 11.8 Å². The maximum absolute atomic E-state index is 2.42. The summed E-state index contributed by atoms with van der Waals surface area (Å²) in [4.78, 5) is 0. The summed E-state index contributed by atoms with van der Waals surface area (Å²) in [6.45, 7) is 0. The van der Waals surface area contributed by atoms with Crippen molar-refractivity contribution in [2.75, 3.05) is 0 Å². The Hall–Kier alpha value is 0.194. The molecule has 0 aliphatic heterocycles. The monoisotopic (exact) mass is 167 g/mol. The normalized spacial score (nSPS) is 35.2. The van der Waals surface area contributed by atoms with Crippen LogP contribution in [0.5, 0.6) is 0 Å². The van der Waals surface area contributed by atoms with E-state index in [4.69, 9.17) is 0 Å². The molecule has 0 N–H and O–H groups in total. The molecule has 2 aliphatic carbocycles. The van der Waals surface area contributed by atoms with Crippen molar-refractivity contribution in [3.63, 3.8) is 0 Å². The molecule has 52 valence electrons. The molecule has 1 saturated carbocycles. The van der Waals surface area contributed by atoms with Gasteiger partial charge in [0, 0.05) is 21.7 Å². The van der Waals surface area contributed by atoms with Crippen LogP contribution in [0.15, 0.2) is 24.3 Å². The Morgan fingerprint density at radius 2 is 2.00 bits per heavy atom. The van der Waals surface area contributed by atoms with E-state index in [1.807, 2.05) is 0 Å². The maximum Gasteiger partial charge on any atom is 0 e. The molecule has 2 aliphatic rings. The Labute approximate surface area is 77.3 Å². The summed E-state index contributed by atoms with van der Waals surface area (Å²) in [7, 11) is 0. The van der Waals surface area contributed by atoms with Gasteiger partial charge in [-0.1, -0.05) is 24.6 Å². The molecular weight excluding hydrogens is 156 g/mol. The van der Waals surface area contributed by atoms with Crippen LogP contribution in [0, 0.1) is 18.3 Å². The first kappa shape index (κ1) is 8.29. The molecule has 0 aromatic rings. The Balaban J connectivity index is 0.000000500. The minimum Gasteiger partial charge on any atom is -0.321 e. The number of hydrogen-bond acceptors (Lipinski definition) is 0. The first-order chi connectivity index (χ1) is 4.47. The van der Waals surface area contributed by atoms with Crippen LogP contribution >= 0.6 is 0 Å². The molecule has 1 fully saturated rings. The maximum atomic E-state index is 2.42. The molecule has 2 unspecified atom stereocenters. The quantitative estimate of drug-likeness (QED) is 0.383. The summed E-state index contributed by atoms with van der Waals surface area (Å²) in [5.41, 5.74) is 0. The van der Waals surface area contributed by atoms with Crippen LogP contribution < -0.4 is 0 Å². The Kier molecular flexibility index (Phi) is 2.94. The molecule has 10 heavy (non-hydrogen) atoms. The van der Waals surface area contributed by atoms with Crippen LogP contribution in [0.2, 0.25) is 0 Å². The smallest absolute Gasteiger partial charge is 0 e. The predicted octanol–water partition coefficient (Wildman–Crippen LogP) is 2.34. The second-order valence-corrected chi connectivity index (χ2v) is 2.82. The van der Waals surface area contributed by atoms with Gasteiger partial charge in [-0.15, -0.1) is 12.0 Å². The van der Waals surface area contributed by atoms with E-state index in [1.165, 1.54) is 12.8 Å². The largest absolute Gasteiger partial charge is 0.321 e. The molecule has 1 heteroatoms. The molecule has 0 radical (unpaired) electrons. The fourth-order valence-electron chi connectivity index (χ4n) is 1.69. The van der Waals surface area contributed by atoms with Crippen LogP contribution in [-0.4, -0.2) is 0 Å². The van der Waals surface area contributed by atoms with Gasteiger partial charge in [-0.25, -0.2) is 0 Å². The molecule has 0 aromatic heterocycles. The summed E-state index contributed by atoms with van der Waals surface area (Å²) >= 11 is 0. The SMILES string of the molecule is C1=CC2[CH-]CCC2C=C1.[Ti]. The van der Waals surface area contributed by atoms with Crippen molar-refractivity contribution < 1.29 is 21.7 Å². The molecule has 0 aromatic carbocycles. The van der Waals surface area contributed by atoms with Gasteiger partial charge >= 0.3 is 0 Å². The van der Waals surface area contributed by atoms with Crippen molar-refractivity contribution in [1.82, 2.24) is 0 Å². The third-order valence-electron chi connectivity index (χ3n) is 2.24. The molecule has 0 saturated heterocycles. The van der Waals surface area contributed by atoms with Crippen LogP contribution in [0.25, 0.3) is 0 Å². The Morgan fingerprint density at radius 1 is 1.20 bits per heavy atom. The number of rotatable bonds is 0. The van der Waals surface area contributed by atoms with Crippen molar-refractivity contribution in [3.05, 3.63) is 30.7 Å². The molecule has 0 nitrogen and oxygen atoms in total. The van der Waals surface area contributed by atoms with Crippen molar-refractivity contribution in [2.45, 2.75) is 12.8 Å². The van der Waals surface area contributed by atoms with E-state index in [-0.39, 0.29) is 21.7 Å². The fraction of sp³-hybridized carbons (Fsp3) is 0.444. The first-order valence-corrected chi connectivity index (χ1v) is 3.65. The Morgan fingerprint density at radius 3 is 2.80 bits per heavy atom. The topological polar surface area (TPSA) is 0 Å². The zero-order chi connectivity index (χ0) is 6.10. The average Bonchev–Trinajstić information content (AvgIpc) is 2.33. The first-order valence-electron chi connectivity index (χ1n) is 3.65. The van der Waals surface area contributed by atoms with Gasteiger partial charge in [0.2, 0.25) is 0 Å². The minimum absolute atomic E-state index is 0. The summed E-state index contributed by atoms with van der Waals surface area (Å²) < 4.78 is 0. The van der Waals surface area contributed by atoms with Crippen molar-refractivity contribution in [1.29, 1.82) is 0 Å². The van der Waals surface area contributed by atoms with Crippen molar-refractivity contribution in [2.24, 2.45) is 11.8 Å². The van der Waals surface area contributed by atoms with E-state index in [0.29, 0.717) is 0 Å². The predicted molar refractivity (Wildman–Crippen MR) is 38.8 cm³/mol. The molecule has 2 rings (SSSR count). The zero-order valence-corrected chi connectivity index (χ0v) is 7.52. The van der Waals surface area contributed by atoms with Gasteiger partial charge in [0.05, 0.1) is 0 Å². The standard InChI is InChI=1S/C9H11.Ti/c1-2-5-9-7-3-6-8(9)4-1;/h1-2,4-6,8-9H,3,7H2;/q-1;. The molecule has 0 bridgehead atoms. The summed E-state index contributed by atoms with van der Waals surface area (Å²) in [6.07, 6.45) is 14.1. The van der Waals surface area contributed by atoms with Gasteiger partial charge in [0.25, 0.3) is 0 Å².